The highest BCUT2D eigenvalue weighted by Gasteiger charge is 2.42. The van der Waals surface area contributed by atoms with E-state index < -0.39 is 20.1 Å². The van der Waals surface area contributed by atoms with E-state index in [1.165, 1.54) is 99.6 Å². The van der Waals surface area contributed by atoms with Gasteiger partial charge in [-0.3, -0.25) is 0 Å². The van der Waals surface area contributed by atoms with Crippen molar-refractivity contribution in [3.05, 3.63) is 279 Å². The molecule has 0 saturated carbocycles. The van der Waals surface area contributed by atoms with Crippen molar-refractivity contribution < 1.29 is 0 Å². The van der Waals surface area contributed by atoms with Gasteiger partial charge in [-0.25, -0.2) is 0 Å². The zero-order valence-electron chi connectivity index (χ0n) is 38.3. The summed E-state index contributed by atoms with van der Waals surface area (Å²) in [4.78, 5) is 10.5. The highest BCUT2D eigenvalue weighted by atomic mass is 32.3. The van der Waals surface area contributed by atoms with Gasteiger partial charge in [0.2, 0.25) is 0 Å². The second-order valence-electron chi connectivity index (χ2n) is 18.1. The minimum absolute atomic E-state index is 1.15. The zero-order chi connectivity index (χ0) is 46.2. The average molecular weight is 931 g/mol. The molecule has 1 unspecified atom stereocenters. The predicted octanol–water partition coefficient (Wildman–Crippen LogP) is 18.5. The molecule has 2 aromatic heterocycles. The van der Waals surface area contributed by atoms with Crippen molar-refractivity contribution in [2.45, 2.75) is 39.2 Å². The second kappa shape index (κ2) is 16.2. The van der Waals surface area contributed by atoms with Crippen LogP contribution in [0, 0.1) is 0 Å². The third kappa shape index (κ3) is 5.84. The van der Waals surface area contributed by atoms with Crippen molar-refractivity contribution in [2.24, 2.45) is 0 Å². The lowest BCUT2D eigenvalue weighted by molar-refractivity contribution is 1.06. The van der Waals surface area contributed by atoms with Crippen molar-refractivity contribution >= 4 is 63.7 Å². The Hall–Kier alpha value is -8.28. The molecule has 0 fully saturated rings. The van der Waals surface area contributed by atoms with Crippen LogP contribution < -0.4 is 0 Å². The van der Waals surface area contributed by atoms with E-state index in [-0.39, 0.29) is 0 Å². The van der Waals surface area contributed by atoms with E-state index in [4.69, 9.17) is 0 Å². The van der Waals surface area contributed by atoms with Gasteiger partial charge >= 0.3 is 0 Å². The molecule has 0 saturated heterocycles. The van der Waals surface area contributed by atoms with E-state index in [9.17, 15) is 0 Å². The molecule has 1 aliphatic heterocycles. The van der Waals surface area contributed by atoms with Gasteiger partial charge < -0.3 is 9.13 Å². The molecule has 13 aromatic rings. The summed E-state index contributed by atoms with van der Waals surface area (Å²) in [6, 6.07) is 105. The first-order valence-corrected chi connectivity index (χ1v) is 27.2. The van der Waals surface area contributed by atoms with Crippen LogP contribution in [0.2, 0.25) is 0 Å². The molecule has 1 atom stereocenters. The van der Waals surface area contributed by atoms with Gasteiger partial charge in [0.15, 0.2) is 0 Å². The first kappa shape index (κ1) is 40.8. The Morgan fingerprint density at radius 3 is 1.39 bits per heavy atom. The van der Waals surface area contributed by atoms with Crippen molar-refractivity contribution in [2.75, 3.05) is 0 Å². The van der Waals surface area contributed by atoms with Crippen molar-refractivity contribution in [3.63, 3.8) is 0 Å². The maximum absolute atomic E-state index is 2.58. The lowest BCUT2D eigenvalue weighted by atomic mass is 10.1. The van der Waals surface area contributed by atoms with Crippen molar-refractivity contribution in [1.29, 1.82) is 0 Å². The molecule has 0 radical (unpaired) electrons. The summed E-state index contributed by atoms with van der Waals surface area (Å²) in [5.41, 5.74) is 9.70. The minimum Gasteiger partial charge on any atom is -0.309 e. The number of hydrogen-bond donors (Lipinski definition) is 0. The summed E-state index contributed by atoms with van der Waals surface area (Å²) in [6.45, 7) is 0. The first-order valence-electron chi connectivity index (χ1n) is 24.0. The average Bonchev–Trinajstić information content (AvgIpc) is 3.96. The van der Waals surface area contributed by atoms with Crippen LogP contribution in [0.5, 0.6) is 0 Å². The zero-order valence-corrected chi connectivity index (χ0v) is 39.9. The Kier molecular flexibility index (Phi) is 9.42. The fourth-order valence-corrected chi connectivity index (χ4v) is 19.6. The van der Waals surface area contributed by atoms with Gasteiger partial charge in [-0.1, -0.05) is 170 Å². The molecule has 0 aliphatic carbocycles. The Morgan fingerprint density at radius 2 is 0.757 bits per heavy atom. The number of para-hydroxylation sites is 3. The maximum atomic E-state index is 2.58. The van der Waals surface area contributed by atoms with Gasteiger partial charge in [0.1, 0.15) is 0 Å². The number of benzene rings is 11. The molecular formula is C66H46N2S2. The highest BCUT2D eigenvalue weighted by molar-refractivity contribution is 8.34. The maximum Gasteiger partial charge on any atom is 0.0673 e. The quantitative estimate of drug-likeness (QED) is 0.144. The topological polar surface area (TPSA) is 9.86 Å². The molecule has 2 nitrogen and oxygen atoms in total. The minimum atomic E-state index is -2.12. The number of nitrogens with zero attached hydrogens (tertiary/aromatic N) is 2. The van der Waals surface area contributed by atoms with Crippen LogP contribution in [0.25, 0.3) is 66.1 Å². The smallest absolute Gasteiger partial charge is 0.0673 e. The van der Waals surface area contributed by atoms with E-state index >= 15 is 0 Å². The van der Waals surface area contributed by atoms with Gasteiger partial charge in [-0.05, 0) is 120 Å². The summed E-state index contributed by atoms with van der Waals surface area (Å²) < 4.78 is 5.14. The molecular weight excluding hydrogens is 885 g/mol. The largest absolute Gasteiger partial charge is 0.309 e. The van der Waals surface area contributed by atoms with Crippen LogP contribution in [-0.4, -0.2) is 9.13 Å². The summed E-state index contributed by atoms with van der Waals surface area (Å²) in [6.07, 6.45) is 0. The van der Waals surface area contributed by atoms with Gasteiger partial charge in [0.25, 0.3) is 0 Å². The molecule has 0 spiro atoms. The van der Waals surface area contributed by atoms with E-state index in [1.54, 1.807) is 0 Å². The fraction of sp³-hybridized carbons (Fsp3) is 0. The Labute approximate surface area is 411 Å². The molecule has 14 rings (SSSR count). The van der Waals surface area contributed by atoms with Gasteiger partial charge in [-0.15, -0.1) is 20.1 Å². The van der Waals surface area contributed by atoms with E-state index in [0.29, 0.717) is 0 Å². The molecule has 1 aliphatic rings. The van der Waals surface area contributed by atoms with Crippen LogP contribution in [0.4, 0.5) is 0 Å². The van der Waals surface area contributed by atoms with Crippen LogP contribution in [0.3, 0.4) is 0 Å². The predicted molar refractivity (Wildman–Crippen MR) is 294 cm³/mol. The van der Waals surface area contributed by atoms with Crippen molar-refractivity contribution in [3.8, 4) is 22.5 Å². The normalized spacial score (nSPS) is 15.5. The molecule has 0 N–H and O–H groups in total. The summed E-state index contributed by atoms with van der Waals surface area (Å²) in [5.74, 6) is 0. The van der Waals surface area contributed by atoms with Crippen molar-refractivity contribution in [1.82, 2.24) is 9.13 Å². The monoisotopic (exact) mass is 930 g/mol. The molecule has 332 valence electrons. The molecule has 70 heavy (non-hydrogen) atoms. The summed E-state index contributed by atoms with van der Waals surface area (Å²) >= 11 is 0. The number of rotatable bonds is 8. The van der Waals surface area contributed by atoms with Gasteiger partial charge in [0, 0.05) is 66.4 Å². The van der Waals surface area contributed by atoms with Crippen LogP contribution in [0.1, 0.15) is 0 Å². The SMILES string of the molecule is c1ccc(-c2ccc(S3(c4ccccc4)c4ccccc4-n4c5ccccc5c5cc(-n6c7ccccc7c7ccc(S(c8ccccc8)(c8ccccc8)c8ccccc8)cc76)cc3c54)cc2)cc1. The summed E-state index contributed by atoms with van der Waals surface area (Å²) in [5, 5.41) is 4.98. The number of fused-ring (bicyclic) bond motifs is 8. The van der Waals surface area contributed by atoms with E-state index in [2.05, 4.69) is 288 Å². The second-order valence-corrected chi connectivity index (χ2v) is 24.2. The molecule has 0 amide bonds. The highest BCUT2D eigenvalue weighted by Crippen LogP contribution is 2.78. The first-order chi connectivity index (χ1) is 34.7. The van der Waals surface area contributed by atoms with Gasteiger partial charge in [0.05, 0.1) is 27.8 Å². The van der Waals surface area contributed by atoms with E-state index in [0.717, 1.165) is 5.69 Å². The molecule has 11 aromatic carbocycles. The molecule has 0 bridgehead atoms. The van der Waals surface area contributed by atoms with Gasteiger partial charge in [-0.2, -0.15) is 0 Å². The third-order valence-electron chi connectivity index (χ3n) is 14.4. The third-order valence-corrected chi connectivity index (χ3v) is 22.3. The number of aromatic nitrogens is 2. The Bertz CT molecular complexity index is 3990. The van der Waals surface area contributed by atoms with E-state index in [1.807, 2.05) is 0 Å². The van der Waals surface area contributed by atoms with Crippen LogP contribution in [-0.2, 0) is 0 Å². The number of hydrogen-bond acceptors (Lipinski definition) is 0. The van der Waals surface area contributed by atoms with Crippen LogP contribution >= 0.6 is 20.1 Å². The fourth-order valence-electron chi connectivity index (χ4n) is 11.5. The summed E-state index contributed by atoms with van der Waals surface area (Å²) in [7, 11) is -4.08. The Morgan fingerprint density at radius 1 is 0.286 bits per heavy atom. The lowest BCUT2D eigenvalue weighted by Gasteiger charge is -2.46. The van der Waals surface area contributed by atoms with Crippen LogP contribution in [0.15, 0.2) is 318 Å². The molecule has 3 heterocycles. The Balaban J connectivity index is 1.12. The molecule has 4 heteroatoms. The standard InChI is InChI=1S/C66H46N2S2/c1-6-22-47(23-7-1)48-38-40-54(41-39-48)70(53-30-14-5-15-31-53)64-37-21-20-36-62(64)68-61-35-19-17-33-57(61)59-44-49(45-65(70)66(59)68)67-60-34-18-16-32-56(60)58-43-42-55(46-63(58)67)69(50-24-8-2-9-25-50,51-26-10-3-11-27-51)52-28-12-4-13-29-52/h1-46H. The lowest BCUT2D eigenvalue weighted by Crippen LogP contribution is -2.15.